The van der Waals surface area contributed by atoms with Crippen LogP contribution in [-0.4, -0.2) is 28.9 Å². The van der Waals surface area contributed by atoms with Crippen molar-refractivity contribution in [1.29, 1.82) is 0 Å². The van der Waals surface area contributed by atoms with Crippen LogP contribution >= 0.6 is 46.4 Å². The van der Waals surface area contributed by atoms with Crippen LogP contribution in [0.4, 0.5) is 17.1 Å². The highest BCUT2D eigenvalue weighted by atomic mass is 35.5. The number of phenols is 1. The van der Waals surface area contributed by atoms with Gasteiger partial charge in [0.25, 0.3) is 11.8 Å². The van der Waals surface area contributed by atoms with E-state index in [0.29, 0.717) is 45.0 Å². The minimum atomic E-state index is -0.759. The first-order valence-electron chi connectivity index (χ1n) is 16.4. The van der Waals surface area contributed by atoms with Crippen LogP contribution < -0.4 is 20.5 Å². The Labute approximate surface area is 302 Å². The molecule has 3 aromatic rings. The molecule has 1 aliphatic heterocycles. The highest BCUT2D eigenvalue weighted by Crippen LogP contribution is 2.38. The molecule has 4 rings (SSSR count). The summed E-state index contributed by atoms with van der Waals surface area (Å²) in [6, 6.07) is 12.9. The van der Waals surface area contributed by atoms with E-state index in [0.717, 1.165) is 19.3 Å². The summed E-state index contributed by atoms with van der Waals surface area (Å²) in [7, 11) is 0. The van der Waals surface area contributed by atoms with Crippen molar-refractivity contribution in [3.8, 4) is 11.5 Å². The van der Waals surface area contributed by atoms with Crippen LogP contribution in [-0.2, 0) is 9.59 Å². The SMILES string of the molecule is CCCCCCCCCCCCC(Oc1ccc(O)c(C)c1)C(=O)Nc1ccc(Cl)c(N=C2CC(=O)N(c3c(Cl)cc(Cl)cc3Cl)N2)c1. The van der Waals surface area contributed by atoms with E-state index >= 15 is 0 Å². The van der Waals surface area contributed by atoms with Gasteiger partial charge in [0.2, 0.25) is 0 Å². The third-order valence-electron chi connectivity index (χ3n) is 8.04. The van der Waals surface area contributed by atoms with E-state index in [4.69, 9.17) is 51.1 Å². The molecule has 3 aromatic carbocycles. The van der Waals surface area contributed by atoms with Crippen molar-refractivity contribution in [3.63, 3.8) is 0 Å². The van der Waals surface area contributed by atoms with Crippen molar-refractivity contribution in [3.05, 3.63) is 74.2 Å². The van der Waals surface area contributed by atoms with Gasteiger partial charge in [-0.1, -0.05) is 111 Å². The number of hydrogen-bond acceptors (Lipinski definition) is 5. The molecule has 1 atom stereocenters. The zero-order valence-electron chi connectivity index (χ0n) is 27.3. The summed E-state index contributed by atoms with van der Waals surface area (Å²) >= 11 is 25.2. The Balaban J connectivity index is 1.41. The first kappa shape index (κ1) is 37.6. The smallest absolute Gasteiger partial charge is 0.265 e. The van der Waals surface area contributed by atoms with Gasteiger partial charge in [0.15, 0.2) is 6.10 Å². The number of nitrogens with one attached hydrogen (secondary N) is 2. The number of hydrazine groups is 1. The second kappa shape index (κ2) is 18.6. The predicted octanol–water partition coefficient (Wildman–Crippen LogP) is 11.0. The number of ether oxygens (including phenoxy) is 1. The second-order valence-corrected chi connectivity index (χ2v) is 13.6. The summed E-state index contributed by atoms with van der Waals surface area (Å²) in [5, 5.41) is 15.2. The normalized spacial score (nSPS) is 14.3. The second-order valence-electron chi connectivity index (χ2n) is 12.0. The van der Waals surface area contributed by atoms with Gasteiger partial charge in [-0.3, -0.25) is 15.0 Å². The number of unbranched alkanes of at least 4 members (excludes halogenated alkanes) is 9. The van der Waals surface area contributed by atoms with Crippen LogP contribution in [0, 0.1) is 6.92 Å². The van der Waals surface area contributed by atoms with Crippen LogP contribution in [0.5, 0.6) is 11.5 Å². The lowest BCUT2D eigenvalue weighted by molar-refractivity contribution is -0.123. The number of aromatic hydroxyl groups is 1. The lowest BCUT2D eigenvalue weighted by atomic mass is 10.0. The first-order valence-corrected chi connectivity index (χ1v) is 17.9. The lowest BCUT2D eigenvalue weighted by Gasteiger charge is -2.20. The fourth-order valence-electron chi connectivity index (χ4n) is 5.42. The van der Waals surface area contributed by atoms with Gasteiger partial charge in [0, 0.05) is 10.7 Å². The van der Waals surface area contributed by atoms with Gasteiger partial charge in [-0.2, -0.15) is 0 Å². The fraction of sp³-hybridized carbons (Fsp3) is 0.417. The quantitative estimate of drug-likeness (QED) is 0.120. The molecule has 3 N–H and O–H groups in total. The molecule has 1 aliphatic rings. The number of hydrogen-bond donors (Lipinski definition) is 3. The molecule has 0 aromatic heterocycles. The Morgan fingerprint density at radius 3 is 2.21 bits per heavy atom. The summed E-state index contributed by atoms with van der Waals surface area (Å²) in [5.41, 5.74) is 4.68. The molecule has 0 aliphatic carbocycles. The Morgan fingerprint density at radius 1 is 0.917 bits per heavy atom. The average molecular weight is 737 g/mol. The van der Waals surface area contributed by atoms with E-state index in [-0.39, 0.29) is 39.7 Å². The van der Waals surface area contributed by atoms with Crippen molar-refractivity contribution < 1.29 is 19.4 Å². The molecule has 1 fully saturated rings. The summed E-state index contributed by atoms with van der Waals surface area (Å²) < 4.78 is 6.16. The molecule has 258 valence electrons. The molecule has 0 saturated carbocycles. The molecule has 0 bridgehead atoms. The first-order chi connectivity index (χ1) is 23.0. The maximum atomic E-state index is 13.6. The van der Waals surface area contributed by atoms with E-state index in [1.54, 1.807) is 43.3 Å². The van der Waals surface area contributed by atoms with Gasteiger partial charge in [-0.25, -0.2) is 10.0 Å². The topological polar surface area (TPSA) is 103 Å². The number of nitrogens with zero attached hydrogens (tertiary/aromatic N) is 2. The number of aliphatic imine (C=N–C) groups is 1. The number of rotatable bonds is 17. The van der Waals surface area contributed by atoms with E-state index in [2.05, 4.69) is 22.7 Å². The number of phenolic OH excluding ortho intramolecular Hbond substituents is 1. The van der Waals surface area contributed by atoms with Crippen molar-refractivity contribution in [1.82, 2.24) is 5.43 Å². The van der Waals surface area contributed by atoms with Gasteiger partial charge in [-0.15, -0.1) is 0 Å². The van der Waals surface area contributed by atoms with Gasteiger partial charge in [0.1, 0.15) is 23.0 Å². The average Bonchev–Trinajstić information content (AvgIpc) is 3.39. The molecule has 8 nitrogen and oxygen atoms in total. The van der Waals surface area contributed by atoms with Crippen LogP contribution in [0.2, 0.25) is 20.1 Å². The predicted molar refractivity (Wildman–Crippen MR) is 198 cm³/mol. The fourth-order valence-corrected chi connectivity index (χ4v) is 6.56. The Kier molecular flexibility index (Phi) is 14.6. The van der Waals surface area contributed by atoms with Gasteiger partial charge < -0.3 is 15.2 Å². The third kappa shape index (κ3) is 10.9. The summed E-state index contributed by atoms with van der Waals surface area (Å²) in [4.78, 5) is 31.0. The lowest BCUT2D eigenvalue weighted by Crippen LogP contribution is -2.36. The van der Waals surface area contributed by atoms with E-state index in [1.165, 1.54) is 62.1 Å². The number of carbonyl (C=O) groups excluding carboxylic acids is 2. The maximum Gasteiger partial charge on any atom is 0.265 e. The molecule has 1 unspecified atom stereocenters. The van der Waals surface area contributed by atoms with Gasteiger partial charge >= 0.3 is 0 Å². The molecule has 1 heterocycles. The zero-order valence-corrected chi connectivity index (χ0v) is 30.3. The largest absolute Gasteiger partial charge is 0.508 e. The molecule has 48 heavy (non-hydrogen) atoms. The van der Waals surface area contributed by atoms with E-state index in [1.807, 2.05) is 0 Å². The van der Waals surface area contributed by atoms with Gasteiger partial charge in [0.05, 0.1) is 27.2 Å². The van der Waals surface area contributed by atoms with Crippen LogP contribution in [0.3, 0.4) is 0 Å². The van der Waals surface area contributed by atoms with E-state index < -0.39 is 6.10 Å². The summed E-state index contributed by atoms with van der Waals surface area (Å²) in [6.07, 6.45) is 11.6. The zero-order chi connectivity index (χ0) is 34.6. The molecule has 1 saturated heterocycles. The molecule has 0 spiro atoms. The monoisotopic (exact) mass is 734 g/mol. The Hall–Kier alpha value is -3.17. The van der Waals surface area contributed by atoms with Crippen molar-refractivity contribution in [2.24, 2.45) is 4.99 Å². The maximum absolute atomic E-state index is 13.6. The number of carbonyl (C=O) groups is 2. The number of aryl methyl sites for hydroxylation is 1. The number of amidine groups is 1. The minimum absolute atomic E-state index is 0.0526. The van der Waals surface area contributed by atoms with Crippen molar-refractivity contribution in [2.75, 3.05) is 10.3 Å². The van der Waals surface area contributed by atoms with Crippen LogP contribution in [0.25, 0.3) is 0 Å². The van der Waals surface area contributed by atoms with Crippen molar-refractivity contribution >= 4 is 81.1 Å². The van der Waals surface area contributed by atoms with E-state index in [9.17, 15) is 14.7 Å². The number of anilines is 2. The summed E-state index contributed by atoms with van der Waals surface area (Å²) in [5.74, 6) is 0.344. The molecular formula is C36H42Cl4N4O4. The highest BCUT2D eigenvalue weighted by molar-refractivity contribution is 6.42. The molecular weight excluding hydrogens is 694 g/mol. The number of amides is 2. The molecule has 0 radical (unpaired) electrons. The molecule has 2 amide bonds. The van der Waals surface area contributed by atoms with Gasteiger partial charge in [-0.05, 0) is 73.9 Å². The summed E-state index contributed by atoms with van der Waals surface area (Å²) in [6.45, 7) is 4.01. The van der Waals surface area contributed by atoms with Crippen LogP contribution in [0.1, 0.15) is 89.5 Å². The van der Waals surface area contributed by atoms with Crippen LogP contribution in [0.15, 0.2) is 53.5 Å². The highest BCUT2D eigenvalue weighted by Gasteiger charge is 2.30. The standard InChI is InChI=1S/C36H42Cl4N4O4/c1-3-4-5-6-7-8-9-10-11-12-13-32(48-26-15-17-31(45)23(2)18-26)36(47)41-25-14-16-27(38)30(21-25)42-33-22-34(46)44(43-33)35-28(39)19-24(37)20-29(35)40/h14-21,32,45H,3-13,22H2,1-2H3,(H,41,47)(H,42,43). The third-order valence-corrected chi connectivity index (χ3v) is 9.16. The Morgan fingerprint density at radius 2 is 1.56 bits per heavy atom. The number of benzene rings is 3. The number of halogens is 4. The molecule has 12 heteroatoms. The minimum Gasteiger partial charge on any atom is -0.508 e. The van der Waals surface area contributed by atoms with Crippen molar-refractivity contribution in [2.45, 2.75) is 97.0 Å². The Bertz CT molecular complexity index is 1590.